The second kappa shape index (κ2) is 15.2. The maximum atomic E-state index is 13.8. The number of rotatable bonds is 12. The van der Waals surface area contributed by atoms with Gasteiger partial charge in [-0.1, -0.05) is 61.7 Å². The van der Waals surface area contributed by atoms with E-state index in [0.29, 0.717) is 18.6 Å². The monoisotopic (exact) mass is 582 g/mol. The molecule has 1 fully saturated rings. The van der Waals surface area contributed by atoms with Gasteiger partial charge in [0.25, 0.3) is 0 Å². The minimum absolute atomic E-state index is 0.0383. The SMILES string of the molecule is COc1ccc(COC(=O)[C@H](Cc2ccccc2)NC(=O)[C@@H](NC(=O)OC(C)(C)C)C(C(=O)O)C2CCCCC2)cc1. The molecule has 2 aromatic rings. The average molecular weight is 583 g/mol. The third kappa shape index (κ3) is 10.1. The quantitative estimate of drug-likeness (QED) is 0.308. The summed E-state index contributed by atoms with van der Waals surface area (Å²) in [5.74, 6) is -3.54. The van der Waals surface area contributed by atoms with Crippen LogP contribution in [0.25, 0.3) is 0 Å². The summed E-state index contributed by atoms with van der Waals surface area (Å²) in [5.41, 5.74) is 0.625. The number of ether oxygens (including phenoxy) is 3. The van der Waals surface area contributed by atoms with Crippen molar-refractivity contribution in [3.05, 3.63) is 65.7 Å². The summed E-state index contributed by atoms with van der Waals surface area (Å²) in [6.45, 7) is 4.98. The molecular weight excluding hydrogens is 540 g/mol. The van der Waals surface area contributed by atoms with Crippen molar-refractivity contribution < 1.29 is 38.5 Å². The minimum atomic E-state index is -1.46. The molecule has 3 atom stereocenters. The van der Waals surface area contributed by atoms with Crippen LogP contribution in [-0.4, -0.2) is 53.8 Å². The zero-order chi connectivity index (χ0) is 30.7. The van der Waals surface area contributed by atoms with Crippen LogP contribution in [0.1, 0.15) is 64.0 Å². The van der Waals surface area contributed by atoms with Crippen molar-refractivity contribution in [3.8, 4) is 5.75 Å². The predicted octanol–water partition coefficient (Wildman–Crippen LogP) is 4.64. The maximum Gasteiger partial charge on any atom is 0.408 e. The van der Waals surface area contributed by atoms with Gasteiger partial charge in [0.1, 0.15) is 30.0 Å². The topological polar surface area (TPSA) is 140 Å². The standard InChI is InChI=1S/C32H42N2O8/c1-32(2,3)42-31(39)34-27(26(29(36)37)23-13-9-6-10-14-23)28(35)33-25(19-21-11-7-5-8-12-21)30(38)41-20-22-15-17-24(40-4)18-16-22/h5,7-8,11-12,15-18,23,25-27H,6,9-10,13-14,19-20H2,1-4H3,(H,33,35)(H,34,39)(H,36,37)/t25-,26?,27-/m0/s1. The first-order valence-corrected chi connectivity index (χ1v) is 14.3. The van der Waals surface area contributed by atoms with E-state index in [1.807, 2.05) is 30.3 Å². The molecule has 0 radical (unpaired) electrons. The highest BCUT2D eigenvalue weighted by molar-refractivity contribution is 5.93. The highest BCUT2D eigenvalue weighted by Gasteiger charge is 2.42. The van der Waals surface area contributed by atoms with Gasteiger partial charge in [-0.25, -0.2) is 9.59 Å². The van der Waals surface area contributed by atoms with E-state index in [1.165, 1.54) is 0 Å². The summed E-state index contributed by atoms with van der Waals surface area (Å²) in [5, 5.41) is 15.5. The van der Waals surface area contributed by atoms with Crippen LogP contribution >= 0.6 is 0 Å². The third-order valence-electron chi connectivity index (χ3n) is 7.18. The van der Waals surface area contributed by atoms with Crippen LogP contribution in [0.4, 0.5) is 4.79 Å². The lowest BCUT2D eigenvalue weighted by atomic mass is 9.76. The number of nitrogens with one attached hydrogen (secondary N) is 2. The second-order valence-electron chi connectivity index (χ2n) is 11.6. The van der Waals surface area contributed by atoms with Gasteiger partial charge in [0, 0.05) is 6.42 Å². The van der Waals surface area contributed by atoms with Crippen molar-refractivity contribution in [3.63, 3.8) is 0 Å². The van der Waals surface area contributed by atoms with Crippen LogP contribution in [0, 0.1) is 11.8 Å². The van der Waals surface area contributed by atoms with E-state index < -0.39 is 47.5 Å². The fourth-order valence-electron chi connectivity index (χ4n) is 5.14. The molecule has 0 aliphatic heterocycles. The van der Waals surface area contributed by atoms with E-state index in [0.717, 1.165) is 30.4 Å². The van der Waals surface area contributed by atoms with Crippen LogP contribution in [0.15, 0.2) is 54.6 Å². The summed E-state index contributed by atoms with van der Waals surface area (Å²) in [6.07, 6.45) is 3.09. The molecule has 2 amide bonds. The fraction of sp³-hybridized carbons (Fsp3) is 0.500. The number of carbonyl (C=O) groups excluding carboxylic acids is 3. The van der Waals surface area contributed by atoms with E-state index in [1.54, 1.807) is 52.1 Å². The largest absolute Gasteiger partial charge is 0.497 e. The van der Waals surface area contributed by atoms with E-state index in [-0.39, 0.29) is 18.9 Å². The Morgan fingerprint density at radius 2 is 1.55 bits per heavy atom. The third-order valence-corrected chi connectivity index (χ3v) is 7.18. The zero-order valence-electron chi connectivity index (χ0n) is 24.8. The van der Waals surface area contributed by atoms with Gasteiger partial charge in [0.2, 0.25) is 5.91 Å². The first-order valence-electron chi connectivity index (χ1n) is 14.3. The Bertz CT molecular complexity index is 1190. The Morgan fingerprint density at radius 1 is 0.905 bits per heavy atom. The van der Waals surface area contributed by atoms with Gasteiger partial charge < -0.3 is 30.0 Å². The van der Waals surface area contributed by atoms with Crippen molar-refractivity contribution >= 4 is 23.9 Å². The smallest absolute Gasteiger partial charge is 0.408 e. The summed E-state index contributed by atoms with van der Waals surface area (Å²) in [4.78, 5) is 52.5. The van der Waals surface area contributed by atoms with Gasteiger partial charge in [0.15, 0.2) is 0 Å². The molecule has 10 heteroatoms. The summed E-state index contributed by atoms with van der Waals surface area (Å²) < 4.78 is 16.1. The summed E-state index contributed by atoms with van der Waals surface area (Å²) >= 11 is 0. The Labute approximate surface area is 247 Å². The molecule has 0 bridgehead atoms. The molecule has 0 saturated heterocycles. The Hall–Kier alpha value is -4.08. The normalized spacial score (nSPS) is 15.9. The summed E-state index contributed by atoms with van der Waals surface area (Å²) in [7, 11) is 1.56. The zero-order valence-corrected chi connectivity index (χ0v) is 24.8. The molecule has 1 unspecified atom stereocenters. The molecule has 0 heterocycles. The highest BCUT2D eigenvalue weighted by Crippen LogP contribution is 2.32. The van der Waals surface area contributed by atoms with Crippen LogP contribution in [0.3, 0.4) is 0 Å². The molecule has 0 spiro atoms. The molecule has 10 nitrogen and oxygen atoms in total. The van der Waals surface area contributed by atoms with Crippen molar-refractivity contribution in [2.24, 2.45) is 11.8 Å². The molecule has 228 valence electrons. The number of carbonyl (C=O) groups is 4. The molecule has 3 rings (SSSR count). The van der Waals surface area contributed by atoms with E-state index in [9.17, 15) is 24.3 Å². The lowest BCUT2D eigenvalue weighted by molar-refractivity contribution is -0.151. The van der Waals surface area contributed by atoms with Gasteiger partial charge in [-0.2, -0.15) is 0 Å². The number of esters is 1. The number of aliphatic carboxylic acids is 1. The molecule has 42 heavy (non-hydrogen) atoms. The predicted molar refractivity (Wildman–Crippen MR) is 156 cm³/mol. The van der Waals surface area contributed by atoms with Crippen LogP contribution in [-0.2, 0) is 36.9 Å². The number of hydrogen-bond donors (Lipinski definition) is 3. The molecule has 1 aliphatic rings. The fourth-order valence-corrected chi connectivity index (χ4v) is 5.14. The minimum Gasteiger partial charge on any atom is -0.497 e. The van der Waals surface area contributed by atoms with Gasteiger partial charge in [-0.05, 0) is 62.8 Å². The molecular formula is C32H42N2O8. The molecule has 0 aromatic heterocycles. The second-order valence-corrected chi connectivity index (χ2v) is 11.6. The lowest BCUT2D eigenvalue weighted by Gasteiger charge is -2.34. The van der Waals surface area contributed by atoms with E-state index in [2.05, 4.69) is 10.6 Å². The summed E-state index contributed by atoms with van der Waals surface area (Å²) in [6, 6.07) is 13.5. The van der Waals surface area contributed by atoms with Crippen molar-refractivity contribution in [1.82, 2.24) is 10.6 Å². The van der Waals surface area contributed by atoms with E-state index in [4.69, 9.17) is 14.2 Å². The van der Waals surface area contributed by atoms with Gasteiger partial charge in [-0.15, -0.1) is 0 Å². The maximum absolute atomic E-state index is 13.8. The number of benzene rings is 2. The number of amides is 2. The number of carboxylic acids is 1. The van der Waals surface area contributed by atoms with Crippen molar-refractivity contribution in [1.29, 1.82) is 0 Å². The number of methoxy groups -OCH3 is 1. The molecule has 1 aliphatic carbocycles. The number of hydrogen-bond acceptors (Lipinski definition) is 7. The molecule has 3 N–H and O–H groups in total. The van der Waals surface area contributed by atoms with Crippen LogP contribution in [0.5, 0.6) is 5.75 Å². The first-order chi connectivity index (χ1) is 20.0. The van der Waals surface area contributed by atoms with Gasteiger partial charge >= 0.3 is 18.0 Å². The number of carboxylic acid groups (broad SMARTS) is 1. The van der Waals surface area contributed by atoms with Crippen LogP contribution < -0.4 is 15.4 Å². The molecule has 2 aromatic carbocycles. The average Bonchev–Trinajstić information content (AvgIpc) is 2.95. The van der Waals surface area contributed by atoms with Crippen LogP contribution in [0.2, 0.25) is 0 Å². The Kier molecular flexibility index (Phi) is 11.8. The van der Waals surface area contributed by atoms with Gasteiger partial charge in [0.05, 0.1) is 13.0 Å². The first kappa shape index (κ1) is 32.4. The Balaban J connectivity index is 1.85. The number of alkyl carbamates (subject to hydrolysis) is 1. The van der Waals surface area contributed by atoms with Crippen molar-refractivity contribution in [2.45, 2.75) is 83.6 Å². The Morgan fingerprint density at radius 3 is 2.12 bits per heavy atom. The van der Waals surface area contributed by atoms with E-state index >= 15 is 0 Å². The molecule has 1 saturated carbocycles. The highest BCUT2D eigenvalue weighted by atomic mass is 16.6. The van der Waals surface area contributed by atoms with Gasteiger partial charge in [-0.3, -0.25) is 9.59 Å². The lowest BCUT2D eigenvalue weighted by Crippen LogP contribution is -2.58. The van der Waals surface area contributed by atoms with Crippen molar-refractivity contribution in [2.75, 3.05) is 7.11 Å².